The third-order valence-corrected chi connectivity index (χ3v) is 8.58. The fraction of sp³-hybridized carbons (Fsp3) is 0.0811. The minimum atomic E-state index is -0.456. The van der Waals surface area contributed by atoms with Gasteiger partial charge in [-0.2, -0.15) is 0 Å². The summed E-state index contributed by atoms with van der Waals surface area (Å²) < 4.78 is 0. The Labute approximate surface area is 265 Å². The SMILES string of the molecule is CC(C)(c1cccc(N2[B]N(c3ccccc3)c3ccccc32)n1)c1cccc(N2[B]N(c3ccccc3)c3ccccc32)n1. The van der Waals surface area contributed by atoms with E-state index in [1.807, 2.05) is 12.1 Å². The van der Waals surface area contributed by atoms with E-state index >= 15 is 0 Å². The van der Waals surface area contributed by atoms with Crippen molar-refractivity contribution in [2.24, 2.45) is 0 Å². The first kappa shape index (κ1) is 27.1. The molecule has 2 aromatic heterocycles. The van der Waals surface area contributed by atoms with Crippen molar-refractivity contribution in [1.29, 1.82) is 0 Å². The van der Waals surface area contributed by atoms with Crippen LogP contribution in [0, 0.1) is 0 Å². The Kier molecular flexibility index (Phi) is 6.56. The highest BCUT2D eigenvalue weighted by Gasteiger charge is 2.34. The number of fused-ring (bicyclic) bond motifs is 2. The van der Waals surface area contributed by atoms with Crippen molar-refractivity contribution >= 4 is 60.9 Å². The highest BCUT2D eigenvalue weighted by atomic mass is 15.3. The molecule has 0 bridgehead atoms. The second-order valence-electron chi connectivity index (χ2n) is 11.7. The van der Waals surface area contributed by atoms with Gasteiger partial charge in [-0.05, 0) is 86.6 Å². The summed E-state index contributed by atoms with van der Waals surface area (Å²) >= 11 is 0. The molecule has 0 unspecified atom stereocenters. The van der Waals surface area contributed by atoms with Crippen LogP contribution in [0.5, 0.6) is 0 Å². The van der Waals surface area contributed by atoms with Crippen molar-refractivity contribution in [3.63, 3.8) is 0 Å². The Bertz CT molecular complexity index is 1840. The van der Waals surface area contributed by atoms with Crippen molar-refractivity contribution in [1.82, 2.24) is 9.97 Å². The standard InChI is InChI=1S/C37H30B2N6/c1-37(2,33-23-13-25-35(40-33)44-31-21-11-9-19-29(31)42(38-44)27-15-5-3-6-16-27)34-24-14-26-36(41-34)45-32-22-12-10-20-30(32)43(39-45)28-17-7-4-8-18-28/h3-26H,1-2H3. The highest BCUT2D eigenvalue weighted by molar-refractivity contribution is 6.55. The van der Waals surface area contributed by atoms with Crippen LogP contribution in [0.15, 0.2) is 146 Å². The van der Waals surface area contributed by atoms with Crippen molar-refractivity contribution in [2.45, 2.75) is 19.3 Å². The maximum Gasteiger partial charge on any atom is 0.402 e. The summed E-state index contributed by atoms with van der Waals surface area (Å²) in [7, 11) is 4.24. The quantitative estimate of drug-likeness (QED) is 0.184. The Morgan fingerprint density at radius 1 is 0.400 bits per heavy atom. The Hall–Kier alpha value is -5.49. The van der Waals surface area contributed by atoms with Gasteiger partial charge in [-0.15, -0.1) is 0 Å². The molecule has 8 heteroatoms. The molecule has 4 aromatic carbocycles. The number of nitrogens with zero attached hydrogens (tertiary/aromatic N) is 6. The van der Waals surface area contributed by atoms with Crippen LogP contribution in [-0.4, -0.2) is 25.1 Å². The van der Waals surface area contributed by atoms with Crippen LogP contribution in [0.3, 0.4) is 0 Å². The number of pyridine rings is 2. The molecule has 2 radical (unpaired) electrons. The van der Waals surface area contributed by atoms with Gasteiger partial charge in [-0.1, -0.05) is 72.8 Å². The molecular weight excluding hydrogens is 550 g/mol. The third-order valence-electron chi connectivity index (χ3n) is 8.58. The first-order valence-electron chi connectivity index (χ1n) is 15.2. The summed E-state index contributed by atoms with van der Waals surface area (Å²) in [5, 5.41) is 0. The molecule has 0 amide bonds. The number of benzene rings is 4. The molecule has 0 fully saturated rings. The molecule has 0 spiro atoms. The van der Waals surface area contributed by atoms with E-state index in [-0.39, 0.29) is 0 Å². The Morgan fingerprint density at radius 3 is 1.16 bits per heavy atom. The number of aromatic nitrogens is 2. The summed E-state index contributed by atoms with van der Waals surface area (Å²) in [6.07, 6.45) is 0. The Balaban J connectivity index is 1.12. The summed E-state index contributed by atoms with van der Waals surface area (Å²) in [5.74, 6) is 1.73. The lowest BCUT2D eigenvalue weighted by Gasteiger charge is -2.27. The molecule has 2 aliphatic heterocycles. The number of rotatable bonds is 6. The van der Waals surface area contributed by atoms with E-state index in [1.54, 1.807) is 0 Å². The van der Waals surface area contributed by atoms with E-state index in [2.05, 4.69) is 182 Å². The predicted octanol–water partition coefficient (Wildman–Crippen LogP) is 8.45. The van der Waals surface area contributed by atoms with E-state index in [1.165, 1.54) is 0 Å². The second kappa shape index (κ2) is 10.9. The lowest BCUT2D eigenvalue weighted by Crippen LogP contribution is -2.31. The monoisotopic (exact) mass is 580 g/mol. The van der Waals surface area contributed by atoms with E-state index < -0.39 is 5.41 Å². The van der Waals surface area contributed by atoms with Gasteiger partial charge < -0.3 is 19.2 Å². The largest absolute Gasteiger partial charge is 0.402 e. The molecule has 0 N–H and O–H groups in total. The highest BCUT2D eigenvalue weighted by Crippen LogP contribution is 2.44. The molecule has 8 rings (SSSR count). The molecule has 214 valence electrons. The van der Waals surface area contributed by atoms with Gasteiger partial charge >= 0.3 is 15.1 Å². The van der Waals surface area contributed by atoms with E-state index in [0.717, 1.165) is 57.1 Å². The number of para-hydroxylation sites is 6. The minimum Gasteiger partial charge on any atom is -0.367 e. The Morgan fingerprint density at radius 2 is 0.756 bits per heavy atom. The van der Waals surface area contributed by atoms with Crippen LogP contribution in [0.4, 0.5) is 45.8 Å². The summed E-state index contributed by atoms with van der Waals surface area (Å²) in [5.41, 5.74) is 8.09. The average Bonchev–Trinajstić information content (AvgIpc) is 3.69. The average molecular weight is 580 g/mol. The first-order chi connectivity index (χ1) is 22.1. The molecule has 0 saturated carbocycles. The van der Waals surface area contributed by atoms with Crippen LogP contribution in [0.1, 0.15) is 25.2 Å². The lowest BCUT2D eigenvalue weighted by atomic mass is 9.84. The molecule has 4 heterocycles. The number of hydrogen-bond acceptors (Lipinski definition) is 6. The molecule has 45 heavy (non-hydrogen) atoms. The zero-order chi connectivity index (χ0) is 30.4. The first-order valence-corrected chi connectivity index (χ1v) is 15.2. The molecule has 0 aliphatic carbocycles. The van der Waals surface area contributed by atoms with Crippen LogP contribution >= 0.6 is 0 Å². The fourth-order valence-electron chi connectivity index (χ4n) is 6.12. The fourth-order valence-corrected chi connectivity index (χ4v) is 6.12. The predicted molar refractivity (Wildman–Crippen MR) is 186 cm³/mol. The smallest absolute Gasteiger partial charge is 0.367 e. The summed E-state index contributed by atoms with van der Waals surface area (Å²) in [4.78, 5) is 19.2. The number of anilines is 8. The van der Waals surface area contributed by atoms with Crippen molar-refractivity contribution in [3.05, 3.63) is 157 Å². The van der Waals surface area contributed by atoms with Gasteiger partial charge in [-0.3, -0.25) is 0 Å². The van der Waals surface area contributed by atoms with Gasteiger partial charge in [0.2, 0.25) is 0 Å². The topological polar surface area (TPSA) is 38.7 Å². The minimum absolute atomic E-state index is 0.456. The van der Waals surface area contributed by atoms with E-state index in [9.17, 15) is 0 Å². The third kappa shape index (κ3) is 4.70. The second-order valence-corrected chi connectivity index (χ2v) is 11.7. The van der Waals surface area contributed by atoms with Gasteiger partial charge in [0.1, 0.15) is 11.6 Å². The molecule has 0 saturated heterocycles. The van der Waals surface area contributed by atoms with Crippen molar-refractivity contribution in [3.8, 4) is 0 Å². The molecule has 6 aromatic rings. The van der Waals surface area contributed by atoms with Gasteiger partial charge in [0.15, 0.2) is 0 Å². The zero-order valence-electron chi connectivity index (χ0n) is 25.2. The molecule has 2 aliphatic rings. The van der Waals surface area contributed by atoms with Crippen LogP contribution in [-0.2, 0) is 5.41 Å². The molecule has 6 nitrogen and oxygen atoms in total. The van der Waals surface area contributed by atoms with Crippen LogP contribution < -0.4 is 19.2 Å². The van der Waals surface area contributed by atoms with Gasteiger partial charge in [0.05, 0.1) is 34.1 Å². The van der Waals surface area contributed by atoms with Gasteiger partial charge in [0.25, 0.3) is 0 Å². The molecule has 0 atom stereocenters. The van der Waals surface area contributed by atoms with Gasteiger partial charge in [-0.25, -0.2) is 9.97 Å². The summed E-state index contributed by atoms with van der Waals surface area (Å²) in [6.45, 7) is 4.39. The maximum atomic E-state index is 5.24. The maximum absolute atomic E-state index is 5.24. The van der Waals surface area contributed by atoms with Crippen LogP contribution in [0.2, 0.25) is 0 Å². The van der Waals surface area contributed by atoms with E-state index in [0.29, 0.717) is 0 Å². The number of hydrogen-bond donors (Lipinski definition) is 0. The molecular formula is C37H30B2N6. The van der Waals surface area contributed by atoms with Crippen molar-refractivity contribution < 1.29 is 0 Å². The van der Waals surface area contributed by atoms with Crippen LogP contribution in [0.25, 0.3) is 0 Å². The van der Waals surface area contributed by atoms with Gasteiger partial charge in [0, 0.05) is 16.8 Å². The summed E-state index contributed by atoms with van der Waals surface area (Å²) in [6, 6.07) is 50.2. The normalized spacial score (nSPS) is 13.7. The van der Waals surface area contributed by atoms with Crippen molar-refractivity contribution in [2.75, 3.05) is 19.2 Å². The zero-order valence-corrected chi connectivity index (χ0v) is 25.2. The van der Waals surface area contributed by atoms with E-state index in [4.69, 9.17) is 9.97 Å². The lowest BCUT2D eigenvalue weighted by molar-refractivity contribution is 0.596.